The highest BCUT2D eigenvalue weighted by Crippen LogP contribution is 2.45. The Morgan fingerprint density at radius 3 is 2.00 bits per heavy atom. The van der Waals surface area contributed by atoms with Gasteiger partial charge in [0, 0.05) is 0 Å². The number of rotatable bonds is 0. The molecule has 0 aromatic heterocycles. The van der Waals surface area contributed by atoms with Crippen molar-refractivity contribution in [3.05, 3.63) is 0 Å². The maximum Gasteiger partial charge on any atom is 0.454 e. The fourth-order valence-corrected chi connectivity index (χ4v) is 0.470. The summed E-state index contributed by atoms with van der Waals surface area (Å²) in [4.78, 5) is 0. The van der Waals surface area contributed by atoms with Crippen LogP contribution < -0.4 is 5.50 Å². The van der Waals surface area contributed by atoms with Gasteiger partial charge in [-0.3, -0.25) is 0 Å². The molecule has 0 aliphatic carbocycles. The van der Waals surface area contributed by atoms with Gasteiger partial charge in [0.2, 0.25) is 0 Å². The molecule has 4 nitrogen and oxygen atoms in total. The average molecular weight is 107 g/mol. The first-order chi connectivity index (χ1) is 2.71. The first-order valence-electron chi connectivity index (χ1n) is 1.38. The van der Waals surface area contributed by atoms with Crippen LogP contribution in [0.3, 0.4) is 0 Å². The summed E-state index contributed by atoms with van der Waals surface area (Å²) in [5, 5.41) is 0. The van der Waals surface area contributed by atoms with Crippen LogP contribution in [0.15, 0.2) is 0 Å². The molecule has 1 fully saturated rings. The van der Waals surface area contributed by atoms with Gasteiger partial charge in [-0.1, -0.05) is 0 Å². The van der Waals surface area contributed by atoms with Crippen LogP contribution in [-0.2, 0) is 13.4 Å². The minimum Gasteiger partial charge on any atom is -0.332 e. The lowest BCUT2D eigenvalue weighted by Gasteiger charge is -2.19. The third kappa shape index (κ3) is 0.630. The Balaban J connectivity index is 2.53. The molecule has 0 amide bonds. The van der Waals surface area contributed by atoms with E-state index in [9.17, 15) is 4.57 Å². The Morgan fingerprint density at radius 1 is 1.67 bits per heavy atom. The van der Waals surface area contributed by atoms with E-state index < -0.39 is 7.75 Å². The van der Waals surface area contributed by atoms with Crippen LogP contribution in [0.2, 0.25) is 0 Å². The maximum atomic E-state index is 10.0. The molecule has 1 heterocycles. The zero-order chi connectivity index (χ0) is 4.62. The largest absolute Gasteiger partial charge is 0.454 e. The highest BCUT2D eigenvalue weighted by atomic mass is 31.2. The molecule has 6 heteroatoms. The van der Waals surface area contributed by atoms with Gasteiger partial charge in [-0.05, 0) is 0 Å². The molecule has 0 aromatic carbocycles. The zero-order valence-corrected chi connectivity index (χ0v) is 3.85. The quantitative estimate of drug-likeness (QED) is 0.330. The van der Waals surface area contributed by atoms with Gasteiger partial charge in [-0.15, -0.1) is 0 Å². The minimum absolute atomic E-state index is 0.0772. The molecule has 1 rings (SSSR count). The number of nitrogens with two attached hydrogens (primary N) is 1. The van der Waals surface area contributed by atoms with Gasteiger partial charge >= 0.3 is 15.4 Å². The van der Waals surface area contributed by atoms with E-state index in [4.69, 9.17) is 5.50 Å². The molecular formula is H3BNO3P. The van der Waals surface area contributed by atoms with E-state index in [0.29, 0.717) is 0 Å². The fourth-order valence-electron chi connectivity index (χ4n) is 0.157. The number of hydrogen-bond acceptors (Lipinski definition) is 3. The van der Waals surface area contributed by atoms with Gasteiger partial charge in [-0.2, -0.15) is 0 Å². The molecular weight excluding hydrogens is 104 g/mol. The van der Waals surface area contributed by atoms with Crippen molar-refractivity contribution in [2.75, 3.05) is 0 Å². The first-order valence-corrected chi connectivity index (χ1v) is 3.00. The summed E-state index contributed by atoms with van der Waals surface area (Å²) in [6.07, 6.45) is 0. The Kier molecular flexibility index (Phi) is 0.775. The monoisotopic (exact) mass is 107 g/mol. The van der Waals surface area contributed by atoms with Crippen molar-refractivity contribution in [3.8, 4) is 0 Å². The Hall–Kier alpha value is 0.175. The van der Waals surface area contributed by atoms with E-state index in [2.05, 4.69) is 8.88 Å². The van der Waals surface area contributed by atoms with E-state index in [1.165, 1.54) is 0 Å². The summed E-state index contributed by atoms with van der Waals surface area (Å²) in [6, 6.07) is 0. The topological polar surface area (TPSA) is 61.6 Å². The third-order valence-electron chi connectivity index (χ3n) is 0.465. The van der Waals surface area contributed by atoms with Gasteiger partial charge in [-0.25, -0.2) is 10.1 Å². The summed E-state index contributed by atoms with van der Waals surface area (Å²) >= 11 is 0. The highest BCUT2D eigenvalue weighted by Gasteiger charge is 2.29. The normalized spacial score (nSPS) is 27.5. The van der Waals surface area contributed by atoms with Crippen molar-refractivity contribution >= 4 is 15.4 Å². The van der Waals surface area contributed by atoms with Crippen molar-refractivity contribution in [2.45, 2.75) is 0 Å². The van der Waals surface area contributed by atoms with E-state index in [1.807, 2.05) is 0 Å². The van der Waals surface area contributed by atoms with Crippen LogP contribution in [0.5, 0.6) is 0 Å². The molecule has 0 unspecified atom stereocenters. The van der Waals surface area contributed by atoms with Crippen LogP contribution in [0.25, 0.3) is 0 Å². The van der Waals surface area contributed by atoms with Crippen LogP contribution in [0.4, 0.5) is 0 Å². The van der Waals surface area contributed by atoms with Crippen molar-refractivity contribution < 1.29 is 13.4 Å². The van der Waals surface area contributed by atoms with E-state index in [-0.39, 0.29) is 7.69 Å². The van der Waals surface area contributed by atoms with Gasteiger partial charge in [0.1, 0.15) is 0 Å². The zero-order valence-electron chi connectivity index (χ0n) is 2.96. The molecule has 34 valence electrons. The Morgan fingerprint density at radius 2 is 2.00 bits per heavy atom. The second kappa shape index (κ2) is 1.07. The summed E-state index contributed by atoms with van der Waals surface area (Å²) in [5.41, 5.74) is 4.73. The van der Waals surface area contributed by atoms with Gasteiger partial charge in [0.25, 0.3) is 0 Å². The van der Waals surface area contributed by atoms with E-state index in [1.54, 1.807) is 0 Å². The van der Waals surface area contributed by atoms with E-state index >= 15 is 0 Å². The highest BCUT2D eigenvalue weighted by molar-refractivity contribution is 7.56. The first kappa shape index (κ1) is 4.34. The van der Waals surface area contributed by atoms with Crippen LogP contribution in [-0.4, -0.2) is 7.69 Å². The van der Waals surface area contributed by atoms with Crippen molar-refractivity contribution in [1.29, 1.82) is 0 Å². The molecule has 0 spiro atoms. The van der Waals surface area contributed by atoms with Crippen molar-refractivity contribution in [1.82, 2.24) is 0 Å². The molecule has 0 bridgehead atoms. The van der Waals surface area contributed by atoms with Crippen molar-refractivity contribution in [2.24, 2.45) is 5.50 Å². The summed E-state index contributed by atoms with van der Waals surface area (Å²) in [6.45, 7) is 0. The molecule has 1 aliphatic heterocycles. The molecule has 0 radical (unpaired) electrons. The van der Waals surface area contributed by atoms with Crippen LogP contribution >= 0.6 is 7.75 Å². The third-order valence-corrected chi connectivity index (χ3v) is 1.40. The molecule has 1 aliphatic rings. The molecule has 1 saturated heterocycles. The van der Waals surface area contributed by atoms with Crippen LogP contribution in [0, 0.1) is 0 Å². The lowest BCUT2D eigenvalue weighted by molar-refractivity contribution is 0.304. The van der Waals surface area contributed by atoms with E-state index in [0.717, 1.165) is 0 Å². The van der Waals surface area contributed by atoms with Gasteiger partial charge in [0.15, 0.2) is 0 Å². The second-order valence-electron chi connectivity index (χ2n) is 0.916. The molecule has 0 atom stereocenters. The minimum atomic E-state index is -2.97. The fraction of sp³-hybridized carbons (Fsp3) is 0. The maximum absolute atomic E-state index is 10.0. The summed E-state index contributed by atoms with van der Waals surface area (Å²) < 4.78 is 18.5. The average Bonchev–Trinajstić information content (AvgIpc) is 1.32. The lowest BCUT2D eigenvalue weighted by atomic mass is 10.4. The molecule has 0 saturated carbocycles. The molecule has 6 heavy (non-hydrogen) atoms. The van der Waals surface area contributed by atoms with Gasteiger partial charge < -0.3 is 8.88 Å². The standard InChI is InChI=1S/BH3NO3P/c2-6(3)4-1-5-6/h1H,(H2,2,3). The van der Waals surface area contributed by atoms with Crippen molar-refractivity contribution in [3.63, 3.8) is 0 Å². The lowest BCUT2D eigenvalue weighted by Crippen LogP contribution is -2.19. The second-order valence-corrected chi connectivity index (χ2v) is 2.51. The van der Waals surface area contributed by atoms with Crippen LogP contribution in [0.1, 0.15) is 0 Å². The Bertz CT molecular complexity index is 93.0. The Labute approximate surface area is 35.5 Å². The molecule has 2 N–H and O–H groups in total. The SMILES string of the molecule is NP1(=O)OBO1. The summed E-state index contributed by atoms with van der Waals surface area (Å²) in [7, 11) is -2.89. The smallest absolute Gasteiger partial charge is 0.332 e. The molecule has 0 aromatic rings. The van der Waals surface area contributed by atoms with Gasteiger partial charge in [0.05, 0.1) is 0 Å². The summed E-state index contributed by atoms with van der Waals surface area (Å²) in [5.74, 6) is 0. The predicted octanol–water partition coefficient (Wildman–Crippen LogP) is -0.634. The number of hydrogen-bond donors (Lipinski definition) is 1. The predicted molar refractivity (Wildman–Crippen MR) is 21.1 cm³/mol.